The lowest BCUT2D eigenvalue weighted by Crippen LogP contribution is -2.49. The van der Waals surface area contributed by atoms with Crippen LogP contribution in [0.3, 0.4) is 0 Å². The molecule has 2 fully saturated rings. The van der Waals surface area contributed by atoms with Crippen LogP contribution >= 0.6 is 0 Å². The number of hydrogen-bond acceptors (Lipinski definition) is 4. The average Bonchev–Trinajstić information content (AvgIpc) is 3.29. The number of hydrogen-bond donors (Lipinski definition) is 0. The fourth-order valence-electron chi connectivity index (χ4n) is 3.18. The van der Waals surface area contributed by atoms with Crippen molar-refractivity contribution in [2.24, 2.45) is 11.8 Å². The summed E-state index contributed by atoms with van der Waals surface area (Å²) < 4.78 is 38.3. The second-order valence-electron chi connectivity index (χ2n) is 6.59. The number of anilines is 1. The Labute approximate surface area is 142 Å². The van der Waals surface area contributed by atoms with E-state index >= 15 is 0 Å². The zero-order chi connectivity index (χ0) is 18.4. The summed E-state index contributed by atoms with van der Waals surface area (Å²) in [6, 6.07) is 2.56. The van der Waals surface area contributed by atoms with E-state index in [2.05, 4.69) is 0 Å². The van der Waals surface area contributed by atoms with Crippen LogP contribution in [-0.4, -0.2) is 41.9 Å². The number of alkyl halides is 3. The molecule has 1 amide bonds. The molecule has 2 atom stereocenters. The van der Waals surface area contributed by atoms with Gasteiger partial charge in [0.1, 0.15) is 5.69 Å². The van der Waals surface area contributed by atoms with E-state index in [-0.39, 0.29) is 17.5 Å². The predicted octanol–water partition coefficient (Wildman–Crippen LogP) is 2.92. The first kappa shape index (κ1) is 17.5. The van der Waals surface area contributed by atoms with E-state index in [0.29, 0.717) is 38.2 Å². The van der Waals surface area contributed by atoms with Gasteiger partial charge in [0.2, 0.25) is 5.91 Å². The maximum Gasteiger partial charge on any atom is 0.416 e. The second-order valence-corrected chi connectivity index (χ2v) is 6.59. The van der Waals surface area contributed by atoms with Gasteiger partial charge in [-0.15, -0.1) is 0 Å². The minimum absolute atomic E-state index is 0.0759. The average molecular weight is 357 g/mol. The van der Waals surface area contributed by atoms with Crippen molar-refractivity contribution >= 4 is 17.3 Å². The normalized spacial score (nSPS) is 23.5. The van der Waals surface area contributed by atoms with E-state index in [9.17, 15) is 28.1 Å². The van der Waals surface area contributed by atoms with Crippen molar-refractivity contribution in [2.75, 3.05) is 31.1 Å². The lowest BCUT2D eigenvalue weighted by Gasteiger charge is -2.36. The second kappa shape index (κ2) is 6.20. The lowest BCUT2D eigenvalue weighted by molar-refractivity contribution is -0.384. The molecule has 2 aliphatic rings. The van der Waals surface area contributed by atoms with Gasteiger partial charge in [0, 0.05) is 38.2 Å². The third kappa shape index (κ3) is 3.54. The van der Waals surface area contributed by atoms with E-state index in [1.54, 1.807) is 9.80 Å². The zero-order valence-corrected chi connectivity index (χ0v) is 13.6. The Balaban J connectivity index is 1.74. The lowest BCUT2D eigenvalue weighted by atomic mass is 10.1. The highest BCUT2D eigenvalue weighted by Crippen LogP contribution is 2.40. The Hall–Kier alpha value is -2.32. The van der Waals surface area contributed by atoms with Gasteiger partial charge >= 0.3 is 6.18 Å². The van der Waals surface area contributed by atoms with Gasteiger partial charge < -0.3 is 9.80 Å². The number of rotatable bonds is 3. The van der Waals surface area contributed by atoms with Crippen LogP contribution in [0.2, 0.25) is 0 Å². The Morgan fingerprint density at radius 3 is 2.32 bits per heavy atom. The highest BCUT2D eigenvalue weighted by Gasteiger charge is 2.42. The van der Waals surface area contributed by atoms with E-state index in [1.165, 1.54) is 0 Å². The van der Waals surface area contributed by atoms with Gasteiger partial charge in [-0.2, -0.15) is 13.2 Å². The Morgan fingerprint density at radius 2 is 1.84 bits per heavy atom. The Morgan fingerprint density at radius 1 is 1.24 bits per heavy atom. The molecular weight excluding hydrogens is 339 g/mol. The van der Waals surface area contributed by atoms with E-state index in [1.807, 2.05) is 6.92 Å². The molecule has 1 saturated heterocycles. The molecular formula is C16H18F3N3O3. The van der Waals surface area contributed by atoms with Gasteiger partial charge in [-0.3, -0.25) is 14.9 Å². The maximum atomic E-state index is 12.8. The number of nitrogens with zero attached hydrogens (tertiary/aromatic N) is 3. The molecule has 9 heteroatoms. The number of piperazine rings is 1. The summed E-state index contributed by atoms with van der Waals surface area (Å²) in [6.45, 7) is 3.57. The van der Waals surface area contributed by atoms with Crippen LogP contribution in [0.25, 0.3) is 0 Å². The van der Waals surface area contributed by atoms with Gasteiger partial charge in [-0.1, -0.05) is 6.92 Å². The molecule has 1 aromatic rings. The fraction of sp³-hybridized carbons (Fsp3) is 0.562. The van der Waals surface area contributed by atoms with Crippen LogP contribution < -0.4 is 4.90 Å². The number of halogens is 3. The van der Waals surface area contributed by atoms with Crippen molar-refractivity contribution in [1.82, 2.24) is 4.90 Å². The molecule has 1 aromatic carbocycles. The van der Waals surface area contributed by atoms with Crippen molar-refractivity contribution in [3.05, 3.63) is 33.9 Å². The first-order chi connectivity index (χ1) is 11.7. The zero-order valence-electron chi connectivity index (χ0n) is 13.6. The van der Waals surface area contributed by atoms with Crippen molar-refractivity contribution in [3.63, 3.8) is 0 Å². The SMILES string of the molecule is C[C@H]1C[C@@H]1C(=O)N1CCN(c2ccc(C(F)(F)F)cc2[N+](=O)[O-])CC1. The summed E-state index contributed by atoms with van der Waals surface area (Å²) in [5.41, 5.74) is -1.45. The summed E-state index contributed by atoms with van der Waals surface area (Å²) in [4.78, 5) is 26.0. The van der Waals surface area contributed by atoms with E-state index in [4.69, 9.17) is 0 Å². The summed E-state index contributed by atoms with van der Waals surface area (Å²) in [5, 5.41) is 11.2. The molecule has 0 unspecified atom stereocenters. The number of carbonyl (C=O) groups excluding carboxylic acids is 1. The molecule has 0 radical (unpaired) electrons. The fourth-order valence-corrected chi connectivity index (χ4v) is 3.18. The monoisotopic (exact) mass is 357 g/mol. The van der Waals surface area contributed by atoms with Crippen LogP contribution in [0.5, 0.6) is 0 Å². The van der Waals surface area contributed by atoms with Crippen molar-refractivity contribution in [2.45, 2.75) is 19.5 Å². The largest absolute Gasteiger partial charge is 0.416 e. The number of benzene rings is 1. The Bertz CT molecular complexity index is 700. The number of nitro groups is 1. The third-order valence-electron chi connectivity index (χ3n) is 4.86. The molecule has 0 aromatic heterocycles. The van der Waals surface area contributed by atoms with E-state index in [0.717, 1.165) is 18.6 Å². The summed E-state index contributed by atoms with van der Waals surface area (Å²) in [5.74, 6) is 0.586. The summed E-state index contributed by atoms with van der Waals surface area (Å²) in [6.07, 6.45) is -3.74. The van der Waals surface area contributed by atoms with E-state index < -0.39 is 22.4 Å². The Kier molecular flexibility index (Phi) is 4.34. The summed E-state index contributed by atoms with van der Waals surface area (Å²) >= 11 is 0. The summed E-state index contributed by atoms with van der Waals surface area (Å²) in [7, 11) is 0. The van der Waals surface area contributed by atoms with Crippen LogP contribution in [0.4, 0.5) is 24.5 Å². The highest BCUT2D eigenvalue weighted by atomic mass is 19.4. The molecule has 1 aliphatic carbocycles. The molecule has 1 heterocycles. The third-order valence-corrected chi connectivity index (χ3v) is 4.86. The van der Waals surface area contributed by atoms with Gasteiger partial charge in [-0.25, -0.2) is 0 Å². The number of amides is 1. The maximum absolute atomic E-state index is 12.8. The van der Waals surface area contributed by atoms with Crippen LogP contribution in [0, 0.1) is 22.0 Å². The van der Waals surface area contributed by atoms with Crippen LogP contribution in [-0.2, 0) is 11.0 Å². The minimum atomic E-state index is -4.63. The van der Waals surface area contributed by atoms with Gasteiger partial charge in [0.25, 0.3) is 5.69 Å². The molecule has 6 nitrogen and oxygen atoms in total. The van der Waals surface area contributed by atoms with Crippen LogP contribution in [0.1, 0.15) is 18.9 Å². The quantitative estimate of drug-likeness (QED) is 0.616. The topological polar surface area (TPSA) is 66.7 Å². The van der Waals surface area contributed by atoms with Gasteiger partial charge in [0.05, 0.1) is 10.5 Å². The van der Waals surface area contributed by atoms with Crippen molar-refractivity contribution in [1.29, 1.82) is 0 Å². The molecule has 1 aliphatic heterocycles. The number of nitro benzene ring substituents is 1. The predicted molar refractivity (Wildman–Crippen MR) is 84.2 cm³/mol. The molecule has 0 spiro atoms. The highest BCUT2D eigenvalue weighted by molar-refractivity contribution is 5.82. The molecule has 1 saturated carbocycles. The molecule has 3 rings (SSSR count). The first-order valence-electron chi connectivity index (χ1n) is 8.08. The first-order valence-corrected chi connectivity index (χ1v) is 8.08. The molecule has 25 heavy (non-hydrogen) atoms. The van der Waals surface area contributed by atoms with Gasteiger partial charge in [0.15, 0.2) is 0 Å². The minimum Gasteiger partial charge on any atom is -0.362 e. The molecule has 0 N–H and O–H groups in total. The standard InChI is InChI=1S/C16H18F3N3O3/c1-10-8-12(10)15(23)21-6-4-20(5-7-21)13-3-2-11(16(17,18)19)9-14(13)22(24)25/h2-3,9-10,12H,4-8H2,1H3/t10-,12-/m0/s1. The van der Waals surface area contributed by atoms with Crippen molar-refractivity contribution < 1.29 is 22.9 Å². The number of carbonyl (C=O) groups is 1. The van der Waals surface area contributed by atoms with Gasteiger partial charge in [-0.05, 0) is 24.5 Å². The van der Waals surface area contributed by atoms with Crippen LogP contribution in [0.15, 0.2) is 18.2 Å². The smallest absolute Gasteiger partial charge is 0.362 e. The molecule has 136 valence electrons. The van der Waals surface area contributed by atoms with Crippen molar-refractivity contribution in [3.8, 4) is 0 Å². The molecule has 0 bridgehead atoms.